The number of aromatic nitrogens is 3. The Kier molecular flexibility index (Phi) is 6.65. The molecule has 0 fully saturated rings. The van der Waals surface area contributed by atoms with Crippen LogP contribution in [0.5, 0.6) is 0 Å². The number of amides is 1. The number of nitrogens with zero attached hydrogens (tertiary/aromatic N) is 2. The molecule has 5 nitrogen and oxygen atoms in total. The average molecular weight is 332 g/mol. The van der Waals surface area contributed by atoms with Crippen molar-refractivity contribution in [3.8, 4) is 11.4 Å². The molecule has 2 N–H and O–H groups in total. The first-order valence-electron chi connectivity index (χ1n) is 8.06. The number of aromatic amines is 1. The Labute approximate surface area is 141 Å². The van der Waals surface area contributed by atoms with E-state index >= 15 is 0 Å². The number of rotatable bonds is 8. The highest BCUT2D eigenvalue weighted by Crippen LogP contribution is 2.19. The molecule has 2 aromatic rings. The lowest BCUT2D eigenvalue weighted by molar-refractivity contribution is -0.119. The van der Waals surface area contributed by atoms with Gasteiger partial charge in [-0.3, -0.25) is 9.89 Å². The summed E-state index contributed by atoms with van der Waals surface area (Å²) >= 11 is 1.35. The van der Waals surface area contributed by atoms with Crippen LogP contribution in [0.4, 0.5) is 0 Å². The number of carbonyl (C=O) groups excluding carboxylic acids is 1. The molecule has 0 radical (unpaired) electrons. The smallest absolute Gasteiger partial charge is 0.230 e. The molecule has 0 aliphatic carbocycles. The first-order valence-corrected chi connectivity index (χ1v) is 9.04. The van der Waals surface area contributed by atoms with E-state index in [-0.39, 0.29) is 11.9 Å². The molecule has 1 amide bonds. The van der Waals surface area contributed by atoms with Crippen LogP contribution in [0.3, 0.4) is 0 Å². The second-order valence-corrected chi connectivity index (χ2v) is 6.51. The normalized spacial score (nSPS) is 12.1. The quantitative estimate of drug-likeness (QED) is 0.727. The zero-order chi connectivity index (χ0) is 16.7. The maximum absolute atomic E-state index is 11.9. The number of hydrogen-bond donors (Lipinski definition) is 2. The summed E-state index contributed by atoms with van der Waals surface area (Å²) in [6, 6.07) is 8.47. The maximum Gasteiger partial charge on any atom is 0.230 e. The molecule has 0 aliphatic heterocycles. The topological polar surface area (TPSA) is 70.7 Å². The summed E-state index contributed by atoms with van der Waals surface area (Å²) in [4.78, 5) is 16.3. The lowest BCUT2D eigenvalue weighted by Crippen LogP contribution is -2.33. The molecule has 2 rings (SSSR count). The van der Waals surface area contributed by atoms with Crippen LogP contribution in [0.15, 0.2) is 29.4 Å². The standard InChI is InChI=1S/C17H24N4OS/c1-4-6-12(3)18-15(22)11-23-17-19-16(20-21-17)14-9-7-13(5-2)8-10-14/h7-10,12H,4-6,11H2,1-3H3,(H,18,22)(H,19,20,21)/t12-/m1/s1. The second-order valence-electron chi connectivity index (χ2n) is 5.56. The van der Waals surface area contributed by atoms with Crippen molar-refractivity contribution in [2.45, 2.75) is 51.2 Å². The van der Waals surface area contributed by atoms with E-state index in [0.29, 0.717) is 10.9 Å². The predicted molar refractivity (Wildman–Crippen MR) is 94.4 cm³/mol. The van der Waals surface area contributed by atoms with Gasteiger partial charge in [-0.05, 0) is 25.3 Å². The molecule has 0 bridgehead atoms. The van der Waals surface area contributed by atoms with Gasteiger partial charge < -0.3 is 5.32 Å². The van der Waals surface area contributed by atoms with Gasteiger partial charge in [0.05, 0.1) is 5.75 Å². The van der Waals surface area contributed by atoms with Gasteiger partial charge in [0.2, 0.25) is 11.1 Å². The summed E-state index contributed by atoms with van der Waals surface area (Å²) in [6.07, 6.45) is 3.08. The van der Waals surface area contributed by atoms with E-state index in [4.69, 9.17) is 0 Å². The van der Waals surface area contributed by atoms with E-state index in [0.717, 1.165) is 30.7 Å². The van der Waals surface area contributed by atoms with Gasteiger partial charge in [0, 0.05) is 11.6 Å². The Hall–Kier alpha value is -1.82. The molecular weight excluding hydrogens is 308 g/mol. The van der Waals surface area contributed by atoms with Crippen molar-refractivity contribution < 1.29 is 4.79 Å². The highest BCUT2D eigenvalue weighted by molar-refractivity contribution is 7.99. The second kappa shape index (κ2) is 8.72. The van der Waals surface area contributed by atoms with Crippen molar-refractivity contribution in [1.82, 2.24) is 20.5 Å². The van der Waals surface area contributed by atoms with Crippen LogP contribution in [-0.4, -0.2) is 32.9 Å². The van der Waals surface area contributed by atoms with Gasteiger partial charge >= 0.3 is 0 Å². The summed E-state index contributed by atoms with van der Waals surface area (Å²) < 4.78 is 0. The number of carbonyl (C=O) groups is 1. The van der Waals surface area contributed by atoms with Gasteiger partial charge in [-0.1, -0.05) is 56.3 Å². The third-order valence-corrected chi connectivity index (χ3v) is 4.41. The third kappa shape index (κ3) is 5.39. The van der Waals surface area contributed by atoms with E-state index in [1.54, 1.807) is 0 Å². The minimum atomic E-state index is 0.0228. The Morgan fingerprint density at radius 3 is 2.70 bits per heavy atom. The van der Waals surface area contributed by atoms with Crippen LogP contribution in [0.25, 0.3) is 11.4 Å². The summed E-state index contributed by atoms with van der Waals surface area (Å²) in [6.45, 7) is 6.27. The van der Waals surface area contributed by atoms with Gasteiger partial charge in [-0.15, -0.1) is 5.10 Å². The monoisotopic (exact) mass is 332 g/mol. The summed E-state index contributed by atoms with van der Waals surface area (Å²) in [5, 5.41) is 10.7. The maximum atomic E-state index is 11.9. The summed E-state index contributed by atoms with van der Waals surface area (Å²) in [7, 11) is 0. The van der Waals surface area contributed by atoms with E-state index < -0.39 is 0 Å². The van der Waals surface area contributed by atoms with Crippen molar-refractivity contribution in [1.29, 1.82) is 0 Å². The molecule has 0 unspecified atom stereocenters. The highest BCUT2D eigenvalue weighted by Gasteiger charge is 2.10. The molecule has 0 saturated heterocycles. The van der Waals surface area contributed by atoms with Crippen molar-refractivity contribution in [2.24, 2.45) is 0 Å². The number of thioether (sulfide) groups is 1. The Balaban J connectivity index is 1.88. The van der Waals surface area contributed by atoms with Gasteiger partial charge in [-0.25, -0.2) is 4.98 Å². The largest absolute Gasteiger partial charge is 0.353 e. The lowest BCUT2D eigenvalue weighted by atomic mass is 10.1. The van der Waals surface area contributed by atoms with Crippen molar-refractivity contribution in [2.75, 3.05) is 5.75 Å². The molecule has 1 heterocycles. The van der Waals surface area contributed by atoms with Crippen LogP contribution in [0, 0.1) is 0 Å². The number of benzene rings is 1. The van der Waals surface area contributed by atoms with E-state index in [1.807, 2.05) is 19.1 Å². The number of nitrogens with one attached hydrogen (secondary N) is 2. The molecule has 0 spiro atoms. The molecule has 23 heavy (non-hydrogen) atoms. The zero-order valence-electron chi connectivity index (χ0n) is 13.9. The Bertz CT molecular complexity index is 624. The molecule has 6 heteroatoms. The lowest BCUT2D eigenvalue weighted by Gasteiger charge is -2.11. The molecule has 1 aromatic carbocycles. The number of H-pyrrole nitrogens is 1. The van der Waals surface area contributed by atoms with E-state index in [1.165, 1.54) is 17.3 Å². The third-order valence-electron chi connectivity index (χ3n) is 3.56. The Morgan fingerprint density at radius 2 is 2.04 bits per heavy atom. The molecule has 0 aliphatic rings. The van der Waals surface area contributed by atoms with Crippen LogP contribution in [0.1, 0.15) is 39.2 Å². The first kappa shape index (κ1) is 17.5. The van der Waals surface area contributed by atoms with Gasteiger partial charge in [-0.2, -0.15) is 0 Å². The van der Waals surface area contributed by atoms with Crippen molar-refractivity contribution >= 4 is 17.7 Å². The predicted octanol–water partition coefficient (Wildman–Crippen LogP) is 3.43. The molecule has 1 aromatic heterocycles. The molecular formula is C17H24N4OS. The number of hydrogen-bond acceptors (Lipinski definition) is 4. The van der Waals surface area contributed by atoms with Crippen LogP contribution in [-0.2, 0) is 11.2 Å². The first-order chi connectivity index (χ1) is 11.1. The fourth-order valence-electron chi connectivity index (χ4n) is 2.29. The fraction of sp³-hybridized carbons (Fsp3) is 0.471. The van der Waals surface area contributed by atoms with E-state index in [9.17, 15) is 4.79 Å². The van der Waals surface area contributed by atoms with Crippen molar-refractivity contribution in [3.05, 3.63) is 29.8 Å². The van der Waals surface area contributed by atoms with Crippen LogP contribution >= 0.6 is 11.8 Å². The van der Waals surface area contributed by atoms with Crippen molar-refractivity contribution in [3.63, 3.8) is 0 Å². The van der Waals surface area contributed by atoms with Gasteiger partial charge in [0.25, 0.3) is 0 Å². The molecule has 1 atom stereocenters. The molecule has 124 valence electrons. The number of aryl methyl sites for hydroxylation is 1. The summed E-state index contributed by atoms with van der Waals surface area (Å²) in [5.41, 5.74) is 2.29. The Morgan fingerprint density at radius 1 is 1.30 bits per heavy atom. The molecule has 0 saturated carbocycles. The van der Waals surface area contributed by atoms with Crippen LogP contribution in [0.2, 0.25) is 0 Å². The zero-order valence-corrected chi connectivity index (χ0v) is 14.7. The minimum absolute atomic E-state index is 0.0228. The average Bonchev–Trinajstić information content (AvgIpc) is 3.02. The fourth-order valence-corrected chi connectivity index (χ4v) is 2.90. The van der Waals surface area contributed by atoms with Gasteiger partial charge in [0.15, 0.2) is 5.82 Å². The van der Waals surface area contributed by atoms with Gasteiger partial charge in [0.1, 0.15) is 0 Å². The SMILES string of the molecule is CCC[C@@H](C)NC(=O)CSc1n[nH]c(-c2ccc(CC)cc2)n1. The van der Waals surface area contributed by atoms with Crippen LogP contribution < -0.4 is 5.32 Å². The minimum Gasteiger partial charge on any atom is -0.353 e. The van der Waals surface area contributed by atoms with E-state index in [2.05, 4.69) is 46.5 Å². The highest BCUT2D eigenvalue weighted by atomic mass is 32.2. The summed E-state index contributed by atoms with van der Waals surface area (Å²) in [5.74, 6) is 1.09.